The van der Waals surface area contributed by atoms with E-state index in [-0.39, 0.29) is 36.3 Å². The molecule has 7 nitrogen and oxygen atoms in total. The number of likely N-dealkylation sites (tertiary alicyclic amines) is 1. The van der Waals surface area contributed by atoms with Crippen molar-refractivity contribution < 1.29 is 32.7 Å². The summed E-state index contributed by atoms with van der Waals surface area (Å²) in [5, 5.41) is 2.96. The lowest BCUT2D eigenvalue weighted by molar-refractivity contribution is -0.965. The van der Waals surface area contributed by atoms with E-state index in [2.05, 4.69) is 5.32 Å². The van der Waals surface area contributed by atoms with Crippen LogP contribution in [0.2, 0.25) is 0 Å². The van der Waals surface area contributed by atoms with Crippen molar-refractivity contribution in [3.8, 4) is 0 Å². The van der Waals surface area contributed by atoms with Gasteiger partial charge < -0.3 is 19.3 Å². The van der Waals surface area contributed by atoms with E-state index in [1.165, 1.54) is 13.2 Å². The molecule has 0 aromatic heterocycles. The molecule has 2 aliphatic rings. The average molecular weight is 512 g/mol. The van der Waals surface area contributed by atoms with Gasteiger partial charge in [-0.1, -0.05) is 30.3 Å². The normalized spacial score (nSPS) is 18.1. The molecule has 37 heavy (non-hydrogen) atoms. The standard InChI is InChI=1S/C29H35FN2O5/c1-21-17-23(30)18-24(27(34)36-2)26(21)31-28(35)29(13-10-14-29)32(15-8-3-4-9-16-32)19-25(33)37-20-22-11-6-5-7-12-22/h5-7,11-12,17-18H,3-4,8-10,13-16,19-20H2,1-2H3/p+1. The summed E-state index contributed by atoms with van der Waals surface area (Å²) in [5.74, 6) is -1.86. The lowest BCUT2D eigenvalue weighted by Crippen LogP contribution is -2.74. The molecule has 2 aromatic carbocycles. The third-order valence-electron chi connectivity index (χ3n) is 8.05. The van der Waals surface area contributed by atoms with Crippen LogP contribution >= 0.6 is 0 Å². The first-order chi connectivity index (χ1) is 17.8. The number of benzene rings is 2. The van der Waals surface area contributed by atoms with Crippen LogP contribution in [0.3, 0.4) is 0 Å². The van der Waals surface area contributed by atoms with Crippen molar-refractivity contribution in [2.45, 2.75) is 64.0 Å². The first-order valence-electron chi connectivity index (χ1n) is 13.1. The van der Waals surface area contributed by atoms with Gasteiger partial charge in [-0.25, -0.2) is 14.0 Å². The third-order valence-corrected chi connectivity index (χ3v) is 8.05. The van der Waals surface area contributed by atoms with Crippen LogP contribution in [0.4, 0.5) is 10.1 Å². The number of nitrogens with zero attached hydrogens (tertiary/aromatic N) is 1. The van der Waals surface area contributed by atoms with Crippen LogP contribution in [0.25, 0.3) is 0 Å². The zero-order chi connectivity index (χ0) is 26.5. The van der Waals surface area contributed by atoms with Gasteiger partial charge in [-0.05, 0) is 62.3 Å². The molecule has 0 unspecified atom stereocenters. The van der Waals surface area contributed by atoms with Gasteiger partial charge in [0.25, 0.3) is 5.91 Å². The van der Waals surface area contributed by atoms with Gasteiger partial charge in [-0.3, -0.25) is 4.79 Å². The molecule has 1 aliphatic carbocycles. The summed E-state index contributed by atoms with van der Waals surface area (Å²) >= 11 is 0. The second-order valence-corrected chi connectivity index (χ2v) is 10.3. The molecule has 1 aliphatic heterocycles. The predicted octanol–water partition coefficient (Wildman–Crippen LogP) is 4.92. The molecule has 1 amide bonds. The van der Waals surface area contributed by atoms with Crippen LogP contribution in [0.1, 0.15) is 66.4 Å². The van der Waals surface area contributed by atoms with Crippen LogP contribution in [0, 0.1) is 12.7 Å². The first kappa shape index (κ1) is 26.8. The van der Waals surface area contributed by atoms with E-state index in [4.69, 9.17) is 9.47 Å². The van der Waals surface area contributed by atoms with Crippen molar-refractivity contribution in [2.75, 3.05) is 32.1 Å². The summed E-state index contributed by atoms with van der Waals surface area (Å²) in [6.45, 7) is 3.37. The first-order valence-corrected chi connectivity index (χ1v) is 13.1. The number of anilines is 1. The lowest BCUT2D eigenvalue weighted by Gasteiger charge is -2.55. The minimum atomic E-state index is -0.815. The van der Waals surface area contributed by atoms with Gasteiger partial charge in [0, 0.05) is 12.8 Å². The fraction of sp³-hybridized carbons (Fsp3) is 0.483. The smallest absolute Gasteiger partial charge is 0.362 e. The molecular weight excluding hydrogens is 475 g/mol. The van der Waals surface area contributed by atoms with Crippen LogP contribution in [-0.4, -0.2) is 54.6 Å². The molecule has 2 fully saturated rings. The molecule has 8 heteroatoms. The van der Waals surface area contributed by atoms with Crippen LogP contribution < -0.4 is 5.32 Å². The van der Waals surface area contributed by atoms with Gasteiger partial charge in [-0.2, -0.15) is 0 Å². The van der Waals surface area contributed by atoms with E-state index in [0.29, 0.717) is 36.0 Å². The van der Waals surface area contributed by atoms with Gasteiger partial charge in [0.1, 0.15) is 12.4 Å². The number of esters is 2. The van der Waals surface area contributed by atoms with Crippen molar-refractivity contribution in [1.82, 2.24) is 0 Å². The summed E-state index contributed by atoms with van der Waals surface area (Å²) in [5.41, 5.74) is 0.769. The van der Waals surface area contributed by atoms with E-state index in [1.54, 1.807) is 6.92 Å². The van der Waals surface area contributed by atoms with Crippen LogP contribution in [-0.2, 0) is 25.7 Å². The summed E-state index contributed by atoms with van der Waals surface area (Å²) in [6, 6.07) is 11.9. The van der Waals surface area contributed by atoms with Crippen molar-refractivity contribution in [3.63, 3.8) is 0 Å². The molecule has 0 spiro atoms. The maximum absolute atomic E-state index is 14.1. The molecule has 1 saturated heterocycles. The Morgan fingerprint density at radius 1 is 1.00 bits per heavy atom. The monoisotopic (exact) mass is 511 g/mol. The third kappa shape index (κ3) is 5.54. The zero-order valence-electron chi connectivity index (χ0n) is 21.7. The van der Waals surface area contributed by atoms with Crippen molar-refractivity contribution in [1.29, 1.82) is 0 Å². The summed E-state index contributed by atoms with van der Waals surface area (Å²) in [7, 11) is 1.22. The van der Waals surface area contributed by atoms with Crippen molar-refractivity contribution in [3.05, 3.63) is 65.0 Å². The molecule has 0 atom stereocenters. The number of rotatable bonds is 8. The maximum Gasteiger partial charge on any atom is 0.362 e. The van der Waals surface area contributed by atoms with E-state index in [9.17, 15) is 18.8 Å². The Labute approximate surface area is 217 Å². The number of carbonyl (C=O) groups is 3. The lowest BCUT2D eigenvalue weighted by atomic mass is 9.71. The highest BCUT2D eigenvalue weighted by molar-refractivity contribution is 6.05. The Hall–Kier alpha value is -3.26. The minimum Gasteiger partial charge on any atom is -0.465 e. The molecular formula is C29H36FN2O5+. The quantitative estimate of drug-likeness (QED) is 0.402. The Morgan fingerprint density at radius 2 is 1.68 bits per heavy atom. The number of aryl methyl sites for hydroxylation is 1. The second kappa shape index (κ2) is 11.4. The Morgan fingerprint density at radius 3 is 2.27 bits per heavy atom. The molecule has 1 saturated carbocycles. The number of hydrogen-bond acceptors (Lipinski definition) is 5. The van der Waals surface area contributed by atoms with Gasteiger partial charge >= 0.3 is 11.9 Å². The summed E-state index contributed by atoms with van der Waals surface area (Å²) < 4.78 is 25.0. The average Bonchev–Trinajstić information content (AvgIpc) is 3.09. The number of amides is 1. The maximum atomic E-state index is 14.1. The van der Waals surface area contributed by atoms with Crippen LogP contribution in [0.5, 0.6) is 0 Å². The largest absolute Gasteiger partial charge is 0.465 e. The van der Waals surface area contributed by atoms with Gasteiger partial charge in [0.2, 0.25) is 0 Å². The number of halogens is 1. The Kier molecular flexibility index (Phi) is 8.27. The van der Waals surface area contributed by atoms with E-state index in [0.717, 1.165) is 43.7 Å². The number of nitrogens with one attached hydrogen (secondary N) is 1. The summed E-state index contributed by atoms with van der Waals surface area (Å²) in [6.07, 6.45) is 6.10. The van der Waals surface area contributed by atoms with Gasteiger partial charge in [-0.15, -0.1) is 0 Å². The Balaban J connectivity index is 1.62. The van der Waals surface area contributed by atoms with Gasteiger partial charge in [0.05, 0.1) is 31.5 Å². The van der Waals surface area contributed by atoms with E-state index in [1.807, 2.05) is 30.3 Å². The van der Waals surface area contributed by atoms with Gasteiger partial charge in [0.15, 0.2) is 12.1 Å². The number of carbonyl (C=O) groups excluding carboxylic acids is 3. The zero-order valence-corrected chi connectivity index (χ0v) is 21.7. The predicted molar refractivity (Wildman–Crippen MR) is 137 cm³/mol. The van der Waals surface area contributed by atoms with Crippen molar-refractivity contribution in [2.24, 2.45) is 0 Å². The summed E-state index contributed by atoms with van der Waals surface area (Å²) in [4.78, 5) is 39.6. The molecule has 0 bridgehead atoms. The molecule has 0 radical (unpaired) electrons. The molecule has 2 aromatic rings. The highest BCUT2D eigenvalue weighted by Gasteiger charge is 2.61. The van der Waals surface area contributed by atoms with Crippen molar-refractivity contribution >= 4 is 23.5 Å². The number of quaternary nitrogens is 1. The van der Waals surface area contributed by atoms with E-state index >= 15 is 0 Å². The highest BCUT2D eigenvalue weighted by Crippen LogP contribution is 2.46. The second-order valence-electron chi connectivity index (χ2n) is 10.3. The number of hydrogen-bond donors (Lipinski definition) is 1. The number of methoxy groups -OCH3 is 1. The molecule has 198 valence electrons. The SMILES string of the molecule is COC(=O)c1cc(F)cc(C)c1NC(=O)C1([N+]2(CC(=O)OCc3ccccc3)CCCCCC2)CCC1. The fourth-order valence-corrected chi connectivity index (χ4v) is 5.90. The molecule has 1 heterocycles. The van der Waals surface area contributed by atoms with Crippen LogP contribution in [0.15, 0.2) is 42.5 Å². The van der Waals surface area contributed by atoms with E-state index < -0.39 is 17.3 Å². The minimum absolute atomic E-state index is 0.0208. The molecule has 4 rings (SSSR count). The molecule has 1 N–H and O–H groups in total. The topological polar surface area (TPSA) is 81.7 Å². The Bertz CT molecular complexity index is 1140. The fourth-order valence-electron chi connectivity index (χ4n) is 5.90. The number of ether oxygens (including phenoxy) is 2. The highest BCUT2D eigenvalue weighted by atomic mass is 19.1.